The van der Waals surface area contributed by atoms with E-state index in [9.17, 15) is 8.42 Å². The van der Waals surface area contributed by atoms with Gasteiger partial charge in [0, 0.05) is 24.3 Å². The highest BCUT2D eigenvalue weighted by molar-refractivity contribution is 7.89. The average Bonchev–Trinajstić information content (AvgIpc) is 3.03. The maximum Gasteiger partial charge on any atom is 0.258 e. The number of hydrogen-bond donors (Lipinski definition) is 2. The Morgan fingerprint density at radius 2 is 2.05 bits per heavy atom. The van der Waals surface area contributed by atoms with Crippen molar-refractivity contribution in [1.82, 2.24) is 15.0 Å². The van der Waals surface area contributed by atoms with Gasteiger partial charge in [0.2, 0.25) is 0 Å². The lowest BCUT2D eigenvalue weighted by Crippen LogP contribution is -2.34. The first-order valence-electron chi connectivity index (χ1n) is 6.53. The molecule has 0 spiro atoms. The molecule has 1 heterocycles. The molecule has 1 aliphatic rings. The van der Waals surface area contributed by atoms with Gasteiger partial charge < -0.3 is 5.32 Å². The van der Waals surface area contributed by atoms with E-state index >= 15 is 0 Å². The van der Waals surface area contributed by atoms with Gasteiger partial charge in [0.25, 0.3) is 10.0 Å². The van der Waals surface area contributed by atoms with E-state index in [1.807, 2.05) is 6.92 Å². The minimum atomic E-state index is -3.49. The van der Waals surface area contributed by atoms with Crippen molar-refractivity contribution in [1.29, 1.82) is 0 Å². The summed E-state index contributed by atoms with van der Waals surface area (Å²) in [5.74, 6) is 0. The third kappa shape index (κ3) is 3.99. The molecule has 0 aliphatic heterocycles. The number of nitrogens with zero attached hydrogens (tertiary/aromatic N) is 1. The van der Waals surface area contributed by atoms with Crippen LogP contribution in [0.2, 0.25) is 0 Å². The summed E-state index contributed by atoms with van der Waals surface area (Å²) in [6, 6.07) is 3.75. The summed E-state index contributed by atoms with van der Waals surface area (Å²) in [6.07, 6.45) is 3.39. The number of pyridine rings is 1. The van der Waals surface area contributed by atoms with Crippen LogP contribution in [0, 0.1) is 0 Å². The van der Waals surface area contributed by atoms with E-state index in [4.69, 9.17) is 0 Å². The van der Waals surface area contributed by atoms with Crippen LogP contribution in [-0.4, -0.2) is 25.0 Å². The zero-order valence-electron chi connectivity index (χ0n) is 11.6. The summed E-state index contributed by atoms with van der Waals surface area (Å²) in [4.78, 5) is 4.05. The van der Waals surface area contributed by atoms with E-state index in [1.54, 1.807) is 18.3 Å². The van der Waals surface area contributed by atoms with Gasteiger partial charge in [-0.05, 0) is 31.4 Å². The fourth-order valence-electron chi connectivity index (χ4n) is 1.66. The molecule has 1 aromatic heterocycles. The summed E-state index contributed by atoms with van der Waals surface area (Å²) < 4.78 is 26.8. The molecule has 6 heteroatoms. The van der Waals surface area contributed by atoms with E-state index in [0.29, 0.717) is 12.6 Å². The lowest BCUT2D eigenvalue weighted by atomic mass is 10.2. The highest BCUT2D eigenvalue weighted by Gasteiger charge is 2.41. The molecule has 1 aromatic rings. The fraction of sp³-hybridized carbons (Fsp3) is 0.615. The topological polar surface area (TPSA) is 71.1 Å². The second kappa shape index (κ2) is 5.19. The zero-order valence-corrected chi connectivity index (χ0v) is 12.4. The molecular formula is C13H21N3O2S. The van der Waals surface area contributed by atoms with Gasteiger partial charge in [0.15, 0.2) is 5.03 Å². The summed E-state index contributed by atoms with van der Waals surface area (Å²) >= 11 is 0. The van der Waals surface area contributed by atoms with Crippen LogP contribution in [-0.2, 0) is 16.6 Å². The van der Waals surface area contributed by atoms with Crippen LogP contribution in [0.25, 0.3) is 0 Å². The molecule has 2 rings (SSSR count). The largest absolute Gasteiger partial charge is 0.310 e. The molecule has 0 saturated heterocycles. The molecule has 0 aromatic carbocycles. The molecule has 0 unspecified atom stereocenters. The third-order valence-corrected chi connectivity index (χ3v) is 4.72. The Hall–Kier alpha value is -0.980. The molecule has 1 aliphatic carbocycles. The van der Waals surface area contributed by atoms with Crippen molar-refractivity contribution in [2.75, 3.05) is 0 Å². The summed E-state index contributed by atoms with van der Waals surface area (Å²) in [6.45, 7) is 6.72. The summed E-state index contributed by atoms with van der Waals surface area (Å²) in [5, 5.41) is 3.35. The number of sulfonamides is 1. The average molecular weight is 283 g/mol. The van der Waals surface area contributed by atoms with Gasteiger partial charge in [-0.2, -0.15) is 0 Å². The first-order valence-corrected chi connectivity index (χ1v) is 8.01. The maximum absolute atomic E-state index is 12.1. The lowest BCUT2D eigenvalue weighted by Gasteiger charge is -2.12. The van der Waals surface area contributed by atoms with E-state index in [2.05, 4.69) is 28.9 Å². The molecule has 19 heavy (non-hydrogen) atoms. The van der Waals surface area contributed by atoms with Crippen LogP contribution in [0.1, 0.15) is 39.2 Å². The van der Waals surface area contributed by atoms with Crippen molar-refractivity contribution in [3.63, 3.8) is 0 Å². The highest BCUT2D eigenvalue weighted by Crippen LogP contribution is 2.35. The maximum atomic E-state index is 12.1. The summed E-state index contributed by atoms with van der Waals surface area (Å²) in [7, 11) is -3.49. The smallest absolute Gasteiger partial charge is 0.258 e. The number of nitrogens with one attached hydrogen (secondary N) is 2. The van der Waals surface area contributed by atoms with Gasteiger partial charge in [-0.3, -0.25) is 0 Å². The standard InChI is InChI=1S/C13H21N3O2S/c1-10(2)14-8-11-4-5-12(15-9-11)19(17,18)16-13(3)6-7-13/h4-5,9-10,14,16H,6-8H2,1-3H3. The van der Waals surface area contributed by atoms with Gasteiger partial charge in [-0.15, -0.1) is 0 Å². The Kier molecular flexibility index (Phi) is 3.94. The molecule has 5 nitrogen and oxygen atoms in total. The predicted molar refractivity (Wildman–Crippen MR) is 74.2 cm³/mol. The third-order valence-electron chi connectivity index (χ3n) is 3.17. The number of hydrogen-bond acceptors (Lipinski definition) is 4. The van der Waals surface area contributed by atoms with Crippen molar-refractivity contribution < 1.29 is 8.42 Å². The number of rotatable bonds is 6. The molecule has 106 valence electrons. The monoisotopic (exact) mass is 283 g/mol. The molecule has 1 saturated carbocycles. The Morgan fingerprint density at radius 1 is 1.37 bits per heavy atom. The lowest BCUT2D eigenvalue weighted by molar-refractivity contribution is 0.553. The first kappa shape index (κ1) is 14.4. The van der Waals surface area contributed by atoms with E-state index in [-0.39, 0.29) is 10.6 Å². The van der Waals surface area contributed by atoms with Gasteiger partial charge in [-0.25, -0.2) is 18.1 Å². The number of aromatic nitrogens is 1. The highest BCUT2D eigenvalue weighted by atomic mass is 32.2. The van der Waals surface area contributed by atoms with Gasteiger partial charge in [-0.1, -0.05) is 19.9 Å². The molecule has 0 atom stereocenters. The Morgan fingerprint density at radius 3 is 2.53 bits per heavy atom. The van der Waals surface area contributed by atoms with Crippen molar-refractivity contribution in [2.45, 2.75) is 56.8 Å². The van der Waals surface area contributed by atoms with Gasteiger partial charge in [0.1, 0.15) is 0 Å². The minimum absolute atomic E-state index is 0.0916. The van der Waals surface area contributed by atoms with E-state index in [1.165, 1.54) is 0 Å². The van der Waals surface area contributed by atoms with Crippen LogP contribution < -0.4 is 10.0 Å². The Balaban J connectivity index is 2.05. The van der Waals surface area contributed by atoms with Crippen molar-refractivity contribution >= 4 is 10.0 Å². The molecule has 0 radical (unpaired) electrons. The molecule has 0 bridgehead atoms. The molecule has 1 fully saturated rings. The summed E-state index contributed by atoms with van der Waals surface area (Å²) in [5.41, 5.74) is 0.712. The van der Waals surface area contributed by atoms with Crippen LogP contribution in [0.15, 0.2) is 23.4 Å². The second-order valence-corrected chi connectivity index (χ2v) is 7.34. The Labute approximate surface area is 114 Å². The van der Waals surface area contributed by atoms with Crippen LogP contribution >= 0.6 is 0 Å². The predicted octanol–water partition coefficient (Wildman–Crippen LogP) is 1.41. The quantitative estimate of drug-likeness (QED) is 0.828. The first-order chi connectivity index (χ1) is 8.81. The zero-order chi connectivity index (χ0) is 14.1. The molecule has 0 amide bonds. The SMILES string of the molecule is CC(C)NCc1ccc(S(=O)(=O)NC2(C)CC2)nc1. The normalized spacial score (nSPS) is 17.7. The van der Waals surface area contributed by atoms with Gasteiger partial charge in [0.05, 0.1) is 0 Å². The van der Waals surface area contributed by atoms with E-state index in [0.717, 1.165) is 18.4 Å². The van der Waals surface area contributed by atoms with Crippen molar-refractivity contribution in [2.24, 2.45) is 0 Å². The van der Waals surface area contributed by atoms with Crippen LogP contribution in [0.3, 0.4) is 0 Å². The van der Waals surface area contributed by atoms with Crippen molar-refractivity contribution in [3.05, 3.63) is 23.9 Å². The fourth-order valence-corrected chi connectivity index (χ4v) is 3.06. The van der Waals surface area contributed by atoms with Gasteiger partial charge >= 0.3 is 0 Å². The second-order valence-electron chi connectivity index (χ2n) is 5.71. The van der Waals surface area contributed by atoms with Crippen molar-refractivity contribution in [3.8, 4) is 0 Å². The minimum Gasteiger partial charge on any atom is -0.310 e. The van der Waals surface area contributed by atoms with Crippen LogP contribution in [0.5, 0.6) is 0 Å². The Bertz CT molecular complexity index is 534. The van der Waals surface area contributed by atoms with E-state index < -0.39 is 10.0 Å². The molecule has 2 N–H and O–H groups in total. The molecular weight excluding hydrogens is 262 g/mol. The van der Waals surface area contributed by atoms with Crippen LogP contribution in [0.4, 0.5) is 0 Å².